The van der Waals surface area contributed by atoms with Crippen molar-refractivity contribution in [3.05, 3.63) is 12.2 Å². The molecule has 1 aliphatic heterocycles. The highest BCUT2D eigenvalue weighted by Crippen LogP contribution is 2.13. The second-order valence-electron chi connectivity index (χ2n) is 3.38. The number of ether oxygens (including phenoxy) is 3. The van der Waals surface area contributed by atoms with E-state index < -0.39 is 0 Å². The number of carbonyl (C=O) groups excluding carboxylic acids is 1. The van der Waals surface area contributed by atoms with Crippen molar-refractivity contribution in [2.45, 2.75) is 32.0 Å². The van der Waals surface area contributed by atoms with Crippen molar-refractivity contribution >= 4 is 5.97 Å². The monoisotopic (exact) mass is 214 g/mol. The number of rotatable bonds is 5. The quantitative estimate of drug-likeness (QED) is 0.396. The first-order chi connectivity index (χ1) is 7.33. The lowest BCUT2D eigenvalue weighted by Gasteiger charge is -2.22. The van der Waals surface area contributed by atoms with Crippen LogP contribution in [0.3, 0.4) is 0 Å². The highest BCUT2D eigenvalue weighted by Gasteiger charge is 2.12. The molecule has 1 rings (SSSR count). The van der Waals surface area contributed by atoms with Crippen LogP contribution in [0.5, 0.6) is 0 Å². The molecule has 1 heterocycles. The molecule has 0 aromatic carbocycles. The molecule has 1 saturated heterocycles. The third kappa shape index (κ3) is 5.54. The third-order valence-electron chi connectivity index (χ3n) is 2.18. The lowest BCUT2D eigenvalue weighted by molar-refractivity contribution is -0.161. The Morgan fingerprint density at radius 1 is 1.53 bits per heavy atom. The van der Waals surface area contributed by atoms with Crippen LogP contribution < -0.4 is 0 Å². The molecule has 0 aromatic rings. The summed E-state index contributed by atoms with van der Waals surface area (Å²) in [7, 11) is 1.36. The van der Waals surface area contributed by atoms with Gasteiger partial charge in [0.05, 0.1) is 13.7 Å². The number of methoxy groups -OCH3 is 1. The Kier molecular flexibility index (Phi) is 6.04. The van der Waals surface area contributed by atoms with E-state index in [1.807, 2.05) is 0 Å². The van der Waals surface area contributed by atoms with Gasteiger partial charge in [0, 0.05) is 12.7 Å². The minimum atomic E-state index is -0.330. The van der Waals surface area contributed by atoms with Gasteiger partial charge in [-0.3, -0.25) is 0 Å². The number of esters is 1. The van der Waals surface area contributed by atoms with Crippen molar-refractivity contribution in [2.24, 2.45) is 0 Å². The zero-order valence-corrected chi connectivity index (χ0v) is 9.11. The summed E-state index contributed by atoms with van der Waals surface area (Å²) in [5.74, 6) is -0.330. The molecule has 0 N–H and O–H groups in total. The minimum Gasteiger partial charge on any atom is -0.466 e. The van der Waals surface area contributed by atoms with E-state index in [-0.39, 0.29) is 12.3 Å². The van der Waals surface area contributed by atoms with Crippen LogP contribution in [0.25, 0.3) is 0 Å². The molecule has 15 heavy (non-hydrogen) atoms. The van der Waals surface area contributed by atoms with E-state index in [9.17, 15) is 4.79 Å². The normalized spacial score (nSPS) is 21.8. The molecule has 4 heteroatoms. The highest BCUT2D eigenvalue weighted by molar-refractivity contribution is 5.81. The molecule has 0 radical (unpaired) electrons. The molecule has 1 fully saturated rings. The van der Waals surface area contributed by atoms with Crippen LogP contribution >= 0.6 is 0 Å². The fourth-order valence-electron chi connectivity index (χ4n) is 1.36. The number of carbonyl (C=O) groups is 1. The molecular formula is C11H18O4. The summed E-state index contributed by atoms with van der Waals surface area (Å²) in [6.45, 7) is 1.38. The lowest BCUT2D eigenvalue weighted by Crippen LogP contribution is -2.22. The average Bonchev–Trinajstić information content (AvgIpc) is 2.29. The second kappa shape index (κ2) is 7.43. The SMILES string of the molecule is COC(=O)/C=C/CCOC1CCCCO1. The van der Waals surface area contributed by atoms with Gasteiger partial charge in [-0.15, -0.1) is 0 Å². The standard InChI is InChI=1S/C11H18O4/c1-13-10(12)6-2-4-8-14-11-7-3-5-9-15-11/h2,6,11H,3-5,7-9H2,1H3/b6-2+. The van der Waals surface area contributed by atoms with E-state index in [4.69, 9.17) is 9.47 Å². The van der Waals surface area contributed by atoms with Gasteiger partial charge in [0.25, 0.3) is 0 Å². The molecular weight excluding hydrogens is 196 g/mol. The van der Waals surface area contributed by atoms with Gasteiger partial charge in [0.2, 0.25) is 0 Å². The smallest absolute Gasteiger partial charge is 0.330 e. The van der Waals surface area contributed by atoms with E-state index in [2.05, 4.69) is 4.74 Å². The molecule has 86 valence electrons. The summed E-state index contributed by atoms with van der Waals surface area (Å²) >= 11 is 0. The predicted molar refractivity (Wildman–Crippen MR) is 55.3 cm³/mol. The van der Waals surface area contributed by atoms with Crippen molar-refractivity contribution in [3.63, 3.8) is 0 Å². The Labute approximate surface area is 90.2 Å². The van der Waals surface area contributed by atoms with E-state index in [1.54, 1.807) is 6.08 Å². The van der Waals surface area contributed by atoms with Gasteiger partial charge >= 0.3 is 5.97 Å². The zero-order valence-electron chi connectivity index (χ0n) is 9.11. The average molecular weight is 214 g/mol. The molecule has 0 bridgehead atoms. The van der Waals surface area contributed by atoms with Crippen LogP contribution in [0, 0.1) is 0 Å². The van der Waals surface area contributed by atoms with Gasteiger partial charge in [0.1, 0.15) is 0 Å². The first-order valence-corrected chi connectivity index (χ1v) is 5.30. The van der Waals surface area contributed by atoms with Gasteiger partial charge in [-0.25, -0.2) is 4.79 Å². The molecule has 0 saturated carbocycles. The summed E-state index contributed by atoms with van der Waals surface area (Å²) in [5, 5.41) is 0. The summed E-state index contributed by atoms with van der Waals surface area (Å²) < 4.78 is 15.3. The largest absolute Gasteiger partial charge is 0.466 e. The Morgan fingerprint density at radius 2 is 2.40 bits per heavy atom. The predicted octanol–water partition coefficient (Wildman–Crippen LogP) is 1.65. The summed E-state index contributed by atoms with van der Waals surface area (Å²) in [5.41, 5.74) is 0. The zero-order chi connectivity index (χ0) is 10.9. The summed E-state index contributed by atoms with van der Waals surface area (Å²) in [4.78, 5) is 10.7. The maximum atomic E-state index is 10.7. The second-order valence-corrected chi connectivity index (χ2v) is 3.38. The topological polar surface area (TPSA) is 44.8 Å². The van der Waals surface area contributed by atoms with E-state index in [0.717, 1.165) is 19.4 Å². The van der Waals surface area contributed by atoms with Crippen LogP contribution in [-0.2, 0) is 19.0 Å². The Bertz CT molecular complexity index is 207. The number of hydrogen-bond donors (Lipinski definition) is 0. The Morgan fingerprint density at radius 3 is 3.07 bits per heavy atom. The first kappa shape index (κ1) is 12.2. The van der Waals surface area contributed by atoms with Gasteiger partial charge < -0.3 is 14.2 Å². The Hall–Kier alpha value is -0.870. The maximum Gasteiger partial charge on any atom is 0.330 e. The highest BCUT2D eigenvalue weighted by atomic mass is 16.7. The van der Waals surface area contributed by atoms with Crippen LogP contribution in [0.2, 0.25) is 0 Å². The maximum absolute atomic E-state index is 10.7. The lowest BCUT2D eigenvalue weighted by atomic mass is 10.2. The molecule has 0 amide bonds. The van der Waals surface area contributed by atoms with Crippen molar-refractivity contribution < 1.29 is 19.0 Å². The third-order valence-corrected chi connectivity index (χ3v) is 2.18. The van der Waals surface area contributed by atoms with E-state index in [0.29, 0.717) is 13.0 Å². The fourth-order valence-corrected chi connectivity index (χ4v) is 1.36. The van der Waals surface area contributed by atoms with Crippen molar-refractivity contribution in [3.8, 4) is 0 Å². The van der Waals surface area contributed by atoms with Gasteiger partial charge in [-0.2, -0.15) is 0 Å². The van der Waals surface area contributed by atoms with Crippen molar-refractivity contribution in [2.75, 3.05) is 20.3 Å². The molecule has 0 spiro atoms. The summed E-state index contributed by atoms with van der Waals surface area (Å²) in [6, 6.07) is 0. The van der Waals surface area contributed by atoms with Crippen molar-refractivity contribution in [1.82, 2.24) is 0 Å². The van der Waals surface area contributed by atoms with E-state index in [1.165, 1.54) is 19.6 Å². The molecule has 4 nitrogen and oxygen atoms in total. The van der Waals surface area contributed by atoms with Crippen molar-refractivity contribution in [1.29, 1.82) is 0 Å². The van der Waals surface area contributed by atoms with Crippen LogP contribution in [0.15, 0.2) is 12.2 Å². The molecule has 0 aromatic heterocycles. The van der Waals surface area contributed by atoms with Gasteiger partial charge in [0.15, 0.2) is 6.29 Å². The molecule has 1 aliphatic rings. The summed E-state index contributed by atoms with van der Waals surface area (Å²) in [6.07, 6.45) is 7.07. The molecule has 1 unspecified atom stereocenters. The minimum absolute atomic E-state index is 0.0507. The molecule has 0 aliphatic carbocycles. The fraction of sp³-hybridized carbons (Fsp3) is 0.727. The molecule has 1 atom stereocenters. The van der Waals surface area contributed by atoms with Crippen LogP contribution in [0.1, 0.15) is 25.7 Å². The van der Waals surface area contributed by atoms with Gasteiger partial charge in [-0.05, 0) is 25.7 Å². The first-order valence-electron chi connectivity index (χ1n) is 5.30. The Balaban J connectivity index is 2.00. The van der Waals surface area contributed by atoms with Crippen LogP contribution in [-0.4, -0.2) is 32.6 Å². The van der Waals surface area contributed by atoms with Crippen LogP contribution in [0.4, 0.5) is 0 Å². The van der Waals surface area contributed by atoms with Gasteiger partial charge in [-0.1, -0.05) is 6.08 Å². The van der Waals surface area contributed by atoms with E-state index >= 15 is 0 Å². The number of hydrogen-bond acceptors (Lipinski definition) is 4.